The molecule has 0 atom stereocenters. The van der Waals surface area contributed by atoms with E-state index in [4.69, 9.17) is 4.74 Å². The summed E-state index contributed by atoms with van der Waals surface area (Å²) < 4.78 is 18.3. The Morgan fingerprint density at radius 3 is 2.81 bits per heavy atom. The van der Waals surface area contributed by atoms with Gasteiger partial charge in [-0.25, -0.2) is 14.4 Å². The monoisotopic (exact) mass is 354 g/mol. The SMILES string of the molecule is COc1ccnc(NNC(=O)c2cccnc2Nc2cccc(F)c2)n1. The van der Waals surface area contributed by atoms with E-state index in [1.807, 2.05) is 0 Å². The van der Waals surface area contributed by atoms with E-state index < -0.39 is 11.7 Å². The highest BCUT2D eigenvalue weighted by atomic mass is 19.1. The second kappa shape index (κ2) is 7.88. The molecule has 0 spiro atoms. The molecule has 0 saturated carbocycles. The summed E-state index contributed by atoms with van der Waals surface area (Å²) in [5.41, 5.74) is 5.81. The number of ether oxygens (including phenoxy) is 1. The van der Waals surface area contributed by atoms with Gasteiger partial charge in [-0.2, -0.15) is 4.98 Å². The molecule has 26 heavy (non-hydrogen) atoms. The van der Waals surface area contributed by atoms with Gasteiger partial charge in [0.1, 0.15) is 11.6 Å². The van der Waals surface area contributed by atoms with Crippen LogP contribution in [0.2, 0.25) is 0 Å². The van der Waals surface area contributed by atoms with Crippen molar-refractivity contribution in [3.63, 3.8) is 0 Å². The van der Waals surface area contributed by atoms with Gasteiger partial charge in [-0.05, 0) is 30.3 Å². The van der Waals surface area contributed by atoms with Gasteiger partial charge in [0.15, 0.2) is 0 Å². The Morgan fingerprint density at radius 1 is 1.12 bits per heavy atom. The van der Waals surface area contributed by atoms with Gasteiger partial charge in [0.2, 0.25) is 11.8 Å². The van der Waals surface area contributed by atoms with E-state index in [9.17, 15) is 9.18 Å². The van der Waals surface area contributed by atoms with Gasteiger partial charge in [0.25, 0.3) is 5.91 Å². The number of pyridine rings is 1. The summed E-state index contributed by atoms with van der Waals surface area (Å²) in [5.74, 6) is -0.0611. The summed E-state index contributed by atoms with van der Waals surface area (Å²) in [5, 5.41) is 2.92. The van der Waals surface area contributed by atoms with Crippen LogP contribution in [0, 0.1) is 5.82 Å². The van der Waals surface area contributed by atoms with Crippen molar-refractivity contribution in [2.45, 2.75) is 0 Å². The van der Waals surface area contributed by atoms with Crippen molar-refractivity contribution in [3.05, 3.63) is 66.2 Å². The van der Waals surface area contributed by atoms with E-state index >= 15 is 0 Å². The van der Waals surface area contributed by atoms with E-state index in [1.165, 1.54) is 31.6 Å². The number of hydrogen-bond donors (Lipinski definition) is 3. The number of anilines is 3. The molecule has 1 amide bonds. The predicted octanol–water partition coefficient (Wildman–Crippen LogP) is 2.52. The van der Waals surface area contributed by atoms with Crippen LogP contribution in [0.3, 0.4) is 0 Å². The topological polar surface area (TPSA) is 101 Å². The predicted molar refractivity (Wildman–Crippen MR) is 93.6 cm³/mol. The minimum absolute atomic E-state index is 0.168. The summed E-state index contributed by atoms with van der Waals surface area (Å²) in [6.45, 7) is 0. The first-order valence-electron chi connectivity index (χ1n) is 7.57. The highest BCUT2D eigenvalue weighted by Crippen LogP contribution is 2.19. The number of aromatic nitrogens is 3. The van der Waals surface area contributed by atoms with Gasteiger partial charge in [0.05, 0.1) is 12.7 Å². The zero-order chi connectivity index (χ0) is 18.4. The third kappa shape index (κ3) is 4.20. The van der Waals surface area contributed by atoms with Crippen molar-refractivity contribution in [2.24, 2.45) is 0 Å². The lowest BCUT2D eigenvalue weighted by molar-refractivity contribution is 0.0962. The lowest BCUT2D eigenvalue weighted by atomic mass is 10.2. The lowest BCUT2D eigenvalue weighted by Gasteiger charge is -2.12. The molecule has 2 aromatic heterocycles. The summed E-state index contributed by atoms with van der Waals surface area (Å²) in [6, 6.07) is 10.6. The van der Waals surface area contributed by atoms with Crippen LogP contribution in [-0.2, 0) is 0 Å². The van der Waals surface area contributed by atoms with E-state index in [1.54, 1.807) is 30.3 Å². The molecule has 0 bridgehead atoms. The molecule has 0 aliphatic carbocycles. The number of benzene rings is 1. The van der Waals surface area contributed by atoms with Gasteiger partial charge in [-0.1, -0.05) is 6.07 Å². The minimum atomic E-state index is -0.469. The summed E-state index contributed by atoms with van der Waals surface area (Å²) in [6.07, 6.45) is 3.01. The molecule has 0 unspecified atom stereocenters. The first-order chi connectivity index (χ1) is 12.7. The van der Waals surface area contributed by atoms with Crippen molar-refractivity contribution in [2.75, 3.05) is 17.9 Å². The fourth-order valence-electron chi connectivity index (χ4n) is 2.09. The van der Waals surface area contributed by atoms with Gasteiger partial charge in [-0.3, -0.25) is 15.6 Å². The molecule has 0 aliphatic rings. The Bertz CT molecular complexity index is 921. The zero-order valence-electron chi connectivity index (χ0n) is 13.7. The van der Waals surface area contributed by atoms with Crippen LogP contribution in [0.1, 0.15) is 10.4 Å². The van der Waals surface area contributed by atoms with Gasteiger partial charge in [-0.15, -0.1) is 0 Å². The first kappa shape index (κ1) is 17.1. The van der Waals surface area contributed by atoms with Crippen molar-refractivity contribution in [1.29, 1.82) is 0 Å². The molecule has 0 radical (unpaired) electrons. The fraction of sp³-hybridized carbons (Fsp3) is 0.0588. The van der Waals surface area contributed by atoms with Gasteiger partial charge in [0, 0.05) is 24.1 Å². The average molecular weight is 354 g/mol. The maximum atomic E-state index is 13.3. The largest absolute Gasteiger partial charge is 0.481 e. The van der Waals surface area contributed by atoms with E-state index in [-0.39, 0.29) is 17.3 Å². The average Bonchev–Trinajstić information content (AvgIpc) is 2.67. The summed E-state index contributed by atoms with van der Waals surface area (Å²) >= 11 is 0. The molecule has 8 nitrogen and oxygen atoms in total. The molecule has 1 aromatic carbocycles. The summed E-state index contributed by atoms with van der Waals surface area (Å²) in [4.78, 5) is 24.6. The quantitative estimate of drug-likeness (QED) is 0.585. The van der Waals surface area contributed by atoms with Crippen LogP contribution >= 0.6 is 0 Å². The van der Waals surface area contributed by atoms with Crippen molar-refractivity contribution < 1.29 is 13.9 Å². The minimum Gasteiger partial charge on any atom is -0.481 e. The van der Waals surface area contributed by atoms with Gasteiger partial charge < -0.3 is 10.1 Å². The molecular weight excluding hydrogens is 339 g/mol. The second-order valence-electron chi connectivity index (χ2n) is 5.04. The molecule has 2 heterocycles. The van der Waals surface area contributed by atoms with Crippen LogP contribution in [0.15, 0.2) is 54.9 Å². The molecule has 132 valence electrons. The van der Waals surface area contributed by atoms with E-state index in [0.29, 0.717) is 11.6 Å². The van der Waals surface area contributed by atoms with Crippen LogP contribution in [0.4, 0.5) is 21.8 Å². The Hall–Kier alpha value is -3.75. The third-order valence-electron chi connectivity index (χ3n) is 3.27. The molecule has 0 fully saturated rings. The number of hydrazine groups is 1. The van der Waals surface area contributed by atoms with Crippen molar-refractivity contribution in [3.8, 4) is 5.88 Å². The lowest BCUT2D eigenvalue weighted by Crippen LogP contribution is -2.31. The van der Waals surface area contributed by atoms with Crippen LogP contribution < -0.4 is 20.9 Å². The fourth-order valence-corrected chi connectivity index (χ4v) is 2.09. The van der Waals surface area contributed by atoms with E-state index in [0.717, 1.165) is 0 Å². The number of carbonyl (C=O) groups is 1. The Kier molecular flexibility index (Phi) is 5.18. The number of carbonyl (C=O) groups excluding carboxylic acids is 1. The molecular formula is C17H15FN6O2. The van der Waals surface area contributed by atoms with Gasteiger partial charge >= 0.3 is 0 Å². The van der Waals surface area contributed by atoms with Crippen LogP contribution in [0.25, 0.3) is 0 Å². The number of hydrogen-bond acceptors (Lipinski definition) is 7. The second-order valence-corrected chi connectivity index (χ2v) is 5.04. The normalized spacial score (nSPS) is 10.1. The number of nitrogens with one attached hydrogen (secondary N) is 3. The highest BCUT2D eigenvalue weighted by molar-refractivity contribution is 5.99. The summed E-state index contributed by atoms with van der Waals surface area (Å²) in [7, 11) is 1.48. The van der Waals surface area contributed by atoms with E-state index in [2.05, 4.69) is 31.1 Å². The molecule has 9 heteroatoms. The van der Waals surface area contributed by atoms with Crippen LogP contribution in [0.5, 0.6) is 5.88 Å². The first-order valence-corrected chi connectivity index (χ1v) is 7.57. The molecule has 3 N–H and O–H groups in total. The third-order valence-corrected chi connectivity index (χ3v) is 3.27. The number of nitrogens with zero attached hydrogens (tertiary/aromatic N) is 3. The number of rotatable bonds is 6. The zero-order valence-corrected chi connectivity index (χ0v) is 13.7. The van der Waals surface area contributed by atoms with Crippen molar-refractivity contribution >= 4 is 23.4 Å². The molecule has 0 saturated heterocycles. The maximum absolute atomic E-state index is 13.3. The Labute approximate surface area is 148 Å². The molecule has 3 aromatic rings. The Morgan fingerprint density at radius 2 is 2.00 bits per heavy atom. The molecule has 0 aliphatic heterocycles. The number of methoxy groups -OCH3 is 1. The highest BCUT2D eigenvalue weighted by Gasteiger charge is 2.13. The Balaban J connectivity index is 1.73. The maximum Gasteiger partial charge on any atom is 0.273 e. The number of halogens is 1. The number of amides is 1. The van der Waals surface area contributed by atoms with Crippen molar-refractivity contribution in [1.82, 2.24) is 20.4 Å². The smallest absolute Gasteiger partial charge is 0.273 e. The standard InChI is InChI=1S/C17H15FN6O2/c1-26-14-7-9-20-17(22-14)24-23-16(25)13-6-3-8-19-15(13)21-12-5-2-4-11(18)10-12/h2-10H,1H3,(H,19,21)(H,23,25)(H,20,22,24). The van der Waals surface area contributed by atoms with Crippen LogP contribution in [-0.4, -0.2) is 28.0 Å². The molecule has 3 rings (SSSR count).